The predicted octanol–water partition coefficient (Wildman–Crippen LogP) is 4.85. The molecule has 4 heteroatoms. The van der Waals surface area contributed by atoms with Gasteiger partial charge in [0.25, 0.3) is 0 Å². The van der Waals surface area contributed by atoms with E-state index in [9.17, 15) is 5.11 Å². The third kappa shape index (κ3) is 4.09. The summed E-state index contributed by atoms with van der Waals surface area (Å²) in [7, 11) is -1.29. The SMILES string of the molecule is CC(C)(C)[C@H]1C[C@@H]([C@H](Br)[Si](C)(C)C)N1[C@@H](CO)c1ccccc1. The lowest BCUT2D eigenvalue weighted by Crippen LogP contribution is -2.68. The van der Waals surface area contributed by atoms with Gasteiger partial charge in [0, 0.05) is 16.5 Å². The molecule has 1 aromatic rings. The second kappa shape index (κ2) is 6.99. The molecule has 1 aromatic carbocycles. The van der Waals surface area contributed by atoms with Crippen molar-refractivity contribution in [1.82, 2.24) is 4.90 Å². The van der Waals surface area contributed by atoms with E-state index in [0.29, 0.717) is 16.5 Å². The van der Waals surface area contributed by atoms with Crippen molar-refractivity contribution < 1.29 is 5.11 Å². The maximum atomic E-state index is 10.2. The topological polar surface area (TPSA) is 23.5 Å². The first kappa shape index (κ1) is 19.2. The molecule has 4 atom stereocenters. The molecular weight excluding hydrogens is 366 g/mol. The largest absolute Gasteiger partial charge is 0.394 e. The monoisotopic (exact) mass is 397 g/mol. The molecule has 0 amide bonds. The highest BCUT2D eigenvalue weighted by Gasteiger charge is 2.52. The van der Waals surface area contributed by atoms with E-state index >= 15 is 0 Å². The van der Waals surface area contributed by atoms with Gasteiger partial charge in [-0.15, -0.1) is 0 Å². The molecule has 1 fully saturated rings. The van der Waals surface area contributed by atoms with Gasteiger partial charge in [0.05, 0.1) is 20.7 Å². The molecule has 1 N–H and O–H groups in total. The highest BCUT2D eigenvalue weighted by molar-refractivity contribution is 9.10. The number of alkyl halides is 1. The lowest BCUT2D eigenvalue weighted by Gasteiger charge is -2.60. The van der Waals surface area contributed by atoms with Gasteiger partial charge in [-0.25, -0.2) is 0 Å². The molecule has 2 nitrogen and oxygen atoms in total. The molecular formula is C19H32BrNOSi. The maximum absolute atomic E-state index is 10.2. The molecule has 0 radical (unpaired) electrons. The van der Waals surface area contributed by atoms with Crippen molar-refractivity contribution in [2.45, 2.75) is 69.4 Å². The summed E-state index contributed by atoms with van der Waals surface area (Å²) in [6.07, 6.45) is 1.22. The summed E-state index contributed by atoms with van der Waals surface area (Å²) < 4.78 is 0.548. The zero-order valence-electron chi connectivity index (χ0n) is 15.4. The van der Waals surface area contributed by atoms with Crippen LogP contribution in [0.3, 0.4) is 0 Å². The fourth-order valence-corrected chi connectivity index (χ4v) is 5.66. The van der Waals surface area contributed by atoms with Crippen LogP contribution in [0.5, 0.6) is 0 Å². The second-order valence-corrected chi connectivity index (χ2v) is 16.2. The maximum Gasteiger partial charge on any atom is 0.0628 e. The van der Waals surface area contributed by atoms with Crippen LogP contribution in [0, 0.1) is 5.41 Å². The van der Waals surface area contributed by atoms with Crippen LogP contribution in [-0.2, 0) is 0 Å². The van der Waals surface area contributed by atoms with E-state index in [1.165, 1.54) is 12.0 Å². The van der Waals surface area contributed by atoms with Gasteiger partial charge < -0.3 is 5.11 Å². The average Bonchev–Trinajstić information content (AvgIpc) is 2.41. The van der Waals surface area contributed by atoms with Gasteiger partial charge in [-0.1, -0.05) is 86.7 Å². The lowest BCUT2D eigenvalue weighted by molar-refractivity contribution is -0.0855. The third-order valence-electron chi connectivity index (χ3n) is 5.09. The fraction of sp³-hybridized carbons (Fsp3) is 0.684. The molecule has 1 aliphatic heterocycles. The number of rotatable bonds is 5. The number of nitrogens with zero attached hydrogens (tertiary/aromatic N) is 1. The first-order valence-electron chi connectivity index (χ1n) is 8.64. The van der Waals surface area contributed by atoms with Crippen LogP contribution in [0.4, 0.5) is 0 Å². The Kier molecular flexibility index (Phi) is 5.82. The van der Waals surface area contributed by atoms with Gasteiger partial charge in [-0.05, 0) is 17.4 Å². The number of hydrogen-bond donors (Lipinski definition) is 1. The molecule has 2 rings (SSSR count). The molecule has 0 aliphatic carbocycles. The zero-order chi connectivity index (χ0) is 17.4. The third-order valence-corrected chi connectivity index (χ3v) is 11.9. The van der Waals surface area contributed by atoms with Gasteiger partial charge in [-0.3, -0.25) is 4.90 Å². The Morgan fingerprint density at radius 3 is 2.22 bits per heavy atom. The van der Waals surface area contributed by atoms with Crippen LogP contribution in [0.2, 0.25) is 19.6 Å². The number of benzene rings is 1. The zero-order valence-corrected chi connectivity index (χ0v) is 18.0. The summed E-state index contributed by atoms with van der Waals surface area (Å²) in [5.41, 5.74) is 1.45. The first-order valence-corrected chi connectivity index (χ1v) is 13.1. The van der Waals surface area contributed by atoms with E-state index in [1.807, 2.05) is 6.07 Å². The van der Waals surface area contributed by atoms with E-state index in [0.717, 1.165) is 0 Å². The Labute approximate surface area is 151 Å². The molecule has 1 saturated heterocycles. The lowest BCUT2D eigenvalue weighted by atomic mass is 9.74. The molecule has 0 unspecified atom stereocenters. The molecule has 0 spiro atoms. The Morgan fingerprint density at radius 1 is 1.22 bits per heavy atom. The van der Waals surface area contributed by atoms with Gasteiger partial charge in [0.15, 0.2) is 0 Å². The van der Waals surface area contributed by atoms with Gasteiger partial charge >= 0.3 is 0 Å². The molecule has 0 saturated carbocycles. The van der Waals surface area contributed by atoms with Crippen LogP contribution in [0.25, 0.3) is 0 Å². The van der Waals surface area contributed by atoms with Crippen LogP contribution in [-0.4, -0.2) is 41.2 Å². The molecule has 1 aliphatic rings. The van der Waals surface area contributed by atoms with Crippen molar-refractivity contribution in [1.29, 1.82) is 0 Å². The van der Waals surface area contributed by atoms with Crippen molar-refractivity contribution in [3.8, 4) is 0 Å². The summed E-state index contributed by atoms with van der Waals surface area (Å²) >= 11 is 4.02. The molecule has 130 valence electrons. The standard InChI is InChI=1S/C19H32BrNOSi/c1-19(2,3)17-12-15(18(20)23(4,5)6)21(17)16(13-22)14-10-8-7-9-11-14/h7-11,15-18,22H,12-13H2,1-6H3/t15-,16-,17+,18+/m0/s1. The Morgan fingerprint density at radius 2 is 1.78 bits per heavy atom. The Hall–Kier alpha value is -0.163. The van der Waals surface area contributed by atoms with Crippen LogP contribution in [0.15, 0.2) is 30.3 Å². The van der Waals surface area contributed by atoms with Crippen LogP contribution < -0.4 is 0 Å². The summed E-state index contributed by atoms with van der Waals surface area (Å²) in [6.45, 7) is 14.4. The number of halogens is 1. The van der Waals surface area contributed by atoms with Crippen molar-refractivity contribution in [3.05, 3.63) is 35.9 Å². The molecule has 23 heavy (non-hydrogen) atoms. The number of aliphatic hydroxyl groups excluding tert-OH is 1. The van der Waals surface area contributed by atoms with E-state index in [-0.39, 0.29) is 18.1 Å². The molecule has 0 bridgehead atoms. The predicted molar refractivity (Wildman–Crippen MR) is 106 cm³/mol. The number of likely N-dealkylation sites (tertiary alicyclic amines) is 1. The smallest absolute Gasteiger partial charge is 0.0628 e. The highest BCUT2D eigenvalue weighted by Crippen LogP contribution is 2.47. The van der Waals surface area contributed by atoms with Gasteiger partial charge in [0.1, 0.15) is 0 Å². The summed E-state index contributed by atoms with van der Waals surface area (Å²) in [5, 5.41) is 10.2. The highest BCUT2D eigenvalue weighted by atomic mass is 79.9. The normalized spacial score (nSPS) is 25.7. The molecule has 1 heterocycles. The number of hydrogen-bond acceptors (Lipinski definition) is 2. The first-order chi connectivity index (χ1) is 10.6. The van der Waals surface area contributed by atoms with Crippen LogP contribution >= 0.6 is 15.9 Å². The van der Waals surface area contributed by atoms with Crippen molar-refractivity contribution in [3.63, 3.8) is 0 Å². The van der Waals surface area contributed by atoms with Gasteiger partial charge in [-0.2, -0.15) is 0 Å². The minimum atomic E-state index is -1.29. The minimum absolute atomic E-state index is 0.0931. The van der Waals surface area contributed by atoms with Crippen molar-refractivity contribution >= 4 is 24.0 Å². The van der Waals surface area contributed by atoms with E-state index in [2.05, 4.69) is 85.5 Å². The minimum Gasteiger partial charge on any atom is -0.394 e. The van der Waals surface area contributed by atoms with Crippen molar-refractivity contribution in [2.75, 3.05) is 6.61 Å². The quantitative estimate of drug-likeness (QED) is 0.566. The second-order valence-electron chi connectivity index (χ2n) is 9.01. The summed E-state index contributed by atoms with van der Waals surface area (Å²) in [5.74, 6) is 0. The Balaban J connectivity index is 2.33. The van der Waals surface area contributed by atoms with E-state index < -0.39 is 8.07 Å². The van der Waals surface area contributed by atoms with Gasteiger partial charge in [0.2, 0.25) is 0 Å². The number of aliphatic hydroxyl groups is 1. The average molecular weight is 398 g/mol. The fourth-order valence-electron chi connectivity index (χ4n) is 3.71. The van der Waals surface area contributed by atoms with E-state index in [1.54, 1.807) is 0 Å². The van der Waals surface area contributed by atoms with Crippen LogP contribution in [0.1, 0.15) is 38.8 Å². The summed E-state index contributed by atoms with van der Waals surface area (Å²) in [4.78, 5) is 2.59. The summed E-state index contributed by atoms with van der Waals surface area (Å²) in [6, 6.07) is 11.6. The van der Waals surface area contributed by atoms with Crippen molar-refractivity contribution in [2.24, 2.45) is 5.41 Å². The Bertz CT molecular complexity index is 508. The molecule has 0 aromatic heterocycles. The van der Waals surface area contributed by atoms with E-state index in [4.69, 9.17) is 0 Å².